The summed E-state index contributed by atoms with van der Waals surface area (Å²) in [6, 6.07) is 0. The van der Waals surface area contributed by atoms with Crippen LogP contribution in [0.2, 0.25) is 0 Å². The number of esters is 2. The molecule has 5 heteroatoms. The van der Waals surface area contributed by atoms with E-state index in [1.54, 1.807) is 0 Å². The summed E-state index contributed by atoms with van der Waals surface area (Å²) in [6.45, 7) is 7.50. The molecule has 400 valence electrons. The predicted molar refractivity (Wildman–Crippen MR) is 306 cm³/mol. The predicted octanol–water partition coefficient (Wildman–Crippen LogP) is 20.3. The van der Waals surface area contributed by atoms with Gasteiger partial charge in [0.05, 0.1) is 6.61 Å². The van der Waals surface area contributed by atoms with Crippen molar-refractivity contribution in [1.82, 2.24) is 0 Å². The lowest BCUT2D eigenvalue weighted by atomic mass is 10.1. The van der Waals surface area contributed by atoms with Crippen LogP contribution in [0.5, 0.6) is 0 Å². The summed E-state index contributed by atoms with van der Waals surface area (Å²) in [6.07, 6.45) is 82.6. The Labute approximate surface area is 434 Å². The van der Waals surface area contributed by atoms with E-state index >= 15 is 0 Å². The largest absolute Gasteiger partial charge is 0.462 e. The third-order valence-electron chi connectivity index (χ3n) is 12.3. The Balaban J connectivity index is 4.37. The van der Waals surface area contributed by atoms with Crippen LogP contribution in [0.4, 0.5) is 0 Å². The number of hydrogen-bond acceptors (Lipinski definition) is 5. The molecule has 0 aromatic heterocycles. The zero-order chi connectivity index (χ0) is 50.6. The summed E-state index contributed by atoms with van der Waals surface area (Å²) < 4.78 is 17.4. The standard InChI is InChI=1S/C65H110O5/c1-4-7-10-13-16-19-22-25-28-31-33-35-37-40-43-46-49-52-55-58-64(66)69-62-63(61-68-60-57-54-51-48-45-42-39-36-32-29-26-23-20-17-14-11-8-5-2)70-65(67)59-56-53-50-47-44-41-38-34-30-27-24-21-18-15-12-9-6-3/h8-9,11-12,17-18,20-21,25-30,36,39,45,48,63H,4-7,10,13-16,19,22-24,31-35,37-38,40-44,46-47,49-62H2,1-3H3/b11-8-,12-9-,20-17-,21-18-,28-25-,29-26-,30-27-,39-36-,48-45-. The summed E-state index contributed by atoms with van der Waals surface area (Å²) >= 11 is 0. The van der Waals surface area contributed by atoms with Crippen LogP contribution in [0.15, 0.2) is 109 Å². The van der Waals surface area contributed by atoms with E-state index in [4.69, 9.17) is 14.2 Å². The molecule has 0 spiro atoms. The topological polar surface area (TPSA) is 61.8 Å². The highest BCUT2D eigenvalue weighted by Gasteiger charge is 2.17. The first kappa shape index (κ1) is 66.6. The molecule has 0 N–H and O–H groups in total. The van der Waals surface area contributed by atoms with Gasteiger partial charge in [0, 0.05) is 19.4 Å². The van der Waals surface area contributed by atoms with Crippen LogP contribution in [-0.4, -0.2) is 37.9 Å². The van der Waals surface area contributed by atoms with Gasteiger partial charge in [-0.05, 0) is 122 Å². The average molecular weight is 972 g/mol. The third kappa shape index (κ3) is 57.1. The van der Waals surface area contributed by atoms with E-state index in [0.717, 1.165) is 116 Å². The monoisotopic (exact) mass is 971 g/mol. The lowest BCUT2D eigenvalue weighted by Crippen LogP contribution is -2.30. The molecule has 70 heavy (non-hydrogen) atoms. The van der Waals surface area contributed by atoms with Crippen LogP contribution < -0.4 is 0 Å². The second-order valence-corrected chi connectivity index (χ2v) is 19.1. The molecular weight excluding hydrogens is 861 g/mol. The molecule has 0 rings (SSSR count). The van der Waals surface area contributed by atoms with E-state index in [0.29, 0.717) is 19.4 Å². The lowest BCUT2D eigenvalue weighted by Gasteiger charge is -2.18. The number of unbranched alkanes of at least 4 members (excludes halogenated alkanes) is 24. The summed E-state index contributed by atoms with van der Waals surface area (Å²) in [5.41, 5.74) is 0. The second kappa shape index (κ2) is 59.9. The van der Waals surface area contributed by atoms with Gasteiger partial charge in [0.25, 0.3) is 0 Å². The Morgan fingerprint density at radius 2 is 0.643 bits per heavy atom. The summed E-state index contributed by atoms with van der Waals surface area (Å²) in [5.74, 6) is -0.434. The van der Waals surface area contributed by atoms with Crippen LogP contribution in [0, 0.1) is 0 Å². The molecule has 0 amide bonds. The first-order chi connectivity index (χ1) is 34.6. The number of carbonyl (C=O) groups is 2. The van der Waals surface area contributed by atoms with Crippen molar-refractivity contribution in [3.63, 3.8) is 0 Å². The van der Waals surface area contributed by atoms with Crippen molar-refractivity contribution < 1.29 is 23.8 Å². The van der Waals surface area contributed by atoms with Crippen molar-refractivity contribution in [2.45, 2.75) is 271 Å². The Morgan fingerprint density at radius 1 is 0.329 bits per heavy atom. The fourth-order valence-electron chi connectivity index (χ4n) is 7.96. The van der Waals surface area contributed by atoms with Crippen molar-refractivity contribution in [3.05, 3.63) is 109 Å². The van der Waals surface area contributed by atoms with E-state index < -0.39 is 6.10 Å². The van der Waals surface area contributed by atoms with E-state index in [-0.39, 0.29) is 25.2 Å². The average Bonchev–Trinajstić information content (AvgIpc) is 3.36. The minimum Gasteiger partial charge on any atom is -0.462 e. The molecule has 0 bridgehead atoms. The van der Waals surface area contributed by atoms with Gasteiger partial charge in [-0.1, -0.05) is 239 Å². The molecule has 5 nitrogen and oxygen atoms in total. The summed E-state index contributed by atoms with van der Waals surface area (Å²) in [4.78, 5) is 25.6. The Hall–Kier alpha value is -3.44. The van der Waals surface area contributed by atoms with Crippen molar-refractivity contribution >= 4 is 11.9 Å². The van der Waals surface area contributed by atoms with Crippen LogP contribution >= 0.6 is 0 Å². The highest BCUT2D eigenvalue weighted by molar-refractivity contribution is 5.70. The molecule has 0 aromatic rings. The molecular formula is C65H110O5. The highest BCUT2D eigenvalue weighted by Crippen LogP contribution is 2.15. The number of ether oxygens (including phenoxy) is 3. The van der Waals surface area contributed by atoms with Gasteiger partial charge in [-0.25, -0.2) is 0 Å². The molecule has 0 radical (unpaired) electrons. The van der Waals surface area contributed by atoms with Gasteiger partial charge in [-0.15, -0.1) is 0 Å². The molecule has 1 unspecified atom stereocenters. The third-order valence-corrected chi connectivity index (χ3v) is 12.3. The Kier molecular flexibility index (Phi) is 56.9. The van der Waals surface area contributed by atoms with Gasteiger partial charge in [-0.2, -0.15) is 0 Å². The maximum Gasteiger partial charge on any atom is 0.306 e. The first-order valence-corrected chi connectivity index (χ1v) is 29.4. The van der Waals surface area contributed by atoms with E-state index in [1.807, 2.05) is 0 Å². The maximum absolute atomic E-state index is 12.9. The van der Waals surface area contributed by atoms with Gasteiger partial charge < -0.3 is 14.2 Å². The molecule has 0 aliphatic carbocycles. The number of carbonyl (C=O) groups excluding carboxylic acids is 2. The minimum absolute atomic E-state index is 0.0576. The number of hydrogen-bond donors (Lipinski definition) is 0. The van der Waals surface area contributed by atoms with Crippen LogP contribution in [0.1, 0.15) is 265 Å². The van der Waals surface area contributed by atoms with E-state index in [9.17, 15) is 9.59 Å². The van der Waals surface area contributed by atoms with Crippen molar-refractivity contribution in [1.29, 1.82) is 0 Å². The Bertz CT molecular complexity index is 1380. The molecule has 1 atom stereocenters. The molecule has 0 saturated heterocycles. The fourth-order valence-corrected chi connectivity index (χ4v) is 7.96. The number of allylic oxidation sites excluding steroid dienone is 18. The van der Waals surface area contributed by atoms with Crippen molar-refractivity contribution in [2.24, 2.45) is 0 Å². The normalized spacial score (nSPS) is 13.0. The lowest BCUT2D eigenvalue weighted by molar-refractivity contribution is -0.163. The second-order valence-electron chi connectivity index (χ2n) is 19.1. The van der Waals surface area contributed by atoms with E-state index in [2.05, 4.69) is 130 Å². The minimum atomic E-state index is -0.573. The SMILES string of the molecule is CC/C=C\C/C=C\C/C=C\C/C=C\C/C=C\CCCCOCC(COC(=O)CCCCCCCCCCC/C=C\CCCCCCCC)OC(=O)CCCCCCCCC/C=C\C/C=C\C/C=C\CC. The highest BCUT2D eigenvalue weighted by atomic mass is 16.6. The van der Waals surface area contributed by atoms with Gasteiger partial charge >= 0.3 is 11.9 Å². The van der Waals surface area contributed by atoms with Crippen molar-refractivity contribution in [2.75, 3.05) is 19.8 Å². The smallest absolute Gasteiger partial charge is 0.306 e. The van der Waals surface area contributed by atoms with Crippen LogP contribution in [-0.2, 0) is 23.8 Å². The van der Waals surface area contributed by atoms with Crippen LogP contribution in [0.3, 0.4) is 0 Å². The Morgan fingerprint density at radius 3 is 1.04 bits per heavy atom. The maximum atomic E-state index is 12.9. The molecule has 0 aliphatic heterocycles. The molecule has 0 heterocycles. The summed E-state index contributed by atoms with van der Waals surface area (Å²) in [5, 5.41) is 0. The molecule has 0 aliphatic rings. The zero-order valence-electron chi connectivity index (χ0n) is 46.0. The first-order valence-electron chi connectivity index (χ1n) is 29.4. The zero-order valence-corrected chi connectivity index (χ0v) is 46.0. The quantitative estimate of drug-likeness (QED) is 0.0345. The van der Waals surface area contributed by atoms with E-state index in [1.165, 1.54) is 116 Å². The summed E-state index contributed by atoms with van der Waals surface area (Å²) in [7, 11) is 0. The molecule has 0 fully saturated rings. The van der Waals surface area contributed by atoms with Gasteiger partial charge in [0.2, 0.25) is 0 Å². The number of rotatable bonds is 53. The van der Waals surface area contributed by atoms with Crippen LogP contribution in [0.25, 0.3) is 0 Å². The van der Waals surface area contributed by atoms with Crippen molar-refractivity contribution in [3.8, 4) is 0 Å². The molecule has 0 aromatic carbocycles. The van der Waals surface area contributed by atoms with Gasteiger partial charge in [-0.3, -0.25) is 9.59 Å². The molecule has 0 saturated carbocycles. The van der Waals surface area contributed by atoms with Gasteiger partial charge in [0.15, 0.2) is 6.10 Å². The van der Waals surface area contributed by atoms with Gasteiger partial charge in [0.1, 0.15) is 6.61 Å². The fraction of sp³-hybridized carbons (Fsp3) is 0.692.